The van der Waals surface area contributed by atoms with Crippen LogP contribution in [-0.4, -0.2) is 26.0 Å². The van der Waals surface area contributed by atoms with Gasteiger partial charge in [0.1, 0.15) is 0 Å². The van der Waals surface area contributed by atoms with Gasteiger partial charge in [0.15, 0.2) is 0 Å². The molecule has 0 heterocycles. The molecule has 4 rings (SSSR count). The number of nitrogens with one attached hydrogen (secondary N) is 2. The van der Waals surface area contributed by atoms with Gasteiger partial charge in [0.05, 0.1) is 6.54 Å². The molecular weight excluding hydrogens is 248 g/mol. The molecule has 0 aromatic carbocycles. The summed E-state index contributed by atoms with van der Waals surface area (Å²) >= 11 is 0. The minimum atomic E-state index is 0. The fourth-order valence-electron chi connectivity index (χ4n) is 5.02. The highest BCUT2D eigenvalue weighted by Crippen LogP contribution is 2.59. The van der Waals surface area contributed by atoms with Crippen LogP contribution in [0.5, 0.6) is 0 Å². The molecule has 0 aromatic heterocycles. The first-order valence-electron chi connectivity index (χ1n) is 7.10. The van der Waals surface area contributed by atoms with Crippen molar-refractivity contribution in [2.75, 3.05) is 20.1 Å². The molecule has 2 N–H and O–H groups in total. The first-order valence-corrected chi connectivity index (χ1v) is 7.10. The summed E-state index contributed by atoms with van der Waals surface area (Å²) in [5.74, 6) is 3.08. The second-order valence-corrected chi connectivity index (χ2v) is 6.72. The molecule has 4 fully saturated rings. The molecular formula is C14H25ClN2O. The largest absolute Gasteiger partial charge is 0.354 e. The Bertz CT molecular complexity index is 284. The van der Waals surface area contributed by atoms with E-state index in [2.05, 4.69) is 10.6 Å². The predicted molar refractivity (Wildman–Crippen MR) is 74.8 cm³/mol. The van der Waals surface area contributed by atoms with E-state index in [-0.39, 0.29) is 18.3 Å². The maximum atomic E-state index is 11.6. The maximum Gasteiger partial charge on any atom is 0.233 e. The SMILES string of the molecule is CNCC(=O)NCC12CC3CC(CC(C3)C1)C2.Cl. The Hall–Kier alpha value is -0.280. The van der Waals surface area contributed by atoms with Gasteiger partial charge < -0.3 is 10.6 Å². The van der Waals surface area contributed by atoms with Crippen molar-refractivity contribution in [1.29, 1.82) is 0 Å². The van der Waals surface area contributed by atoms with Crippen molar-refractivity contribution >= 4 is 18.3 Å². The zero-order valence-corrected chi connectivity index (χ0v) is 12.0. The minimum absolute atomic E-state index is 0. The van der Waals surface area contributed by atoms with E-state index in [1.165, 1.54) is 38.5 Å². The number of hydrogen-bond acceptors (Lipinski definition) is 2. The summed E-state index contributed by atoms with van der Waals surface area (Å²) in [6, 6.07) is 0. The summed E-state index contributed by atoms with van der Waals surface area (Å²) in [6.45, 7) is 1.38. The van der Waals surface area contributed by atoms with Crippen LogP contribution in [0.2, 0.25) is 0 Å². The topological polar surface area (TPSA) is 41.1 Å². The number of amides is 1. The lowest BCUT2D eigenvalue weighted by atomic mass is 9.49. The van der Waals surface area contributed by atoms with E-state index in [1.54, 1.807) is 0 Å². The average Bonchev–Trinajstić information content (AvgIpc) is 2.25. The predicted octanol–water partition coefficient (Wildman–Crippen LogP) is 1.96. The first kappa shape index (κ1) is 14.1. The maximum absolute atomic E-state index is 11.6. The van der Waals surface area contributed by atoms with Gasteiger partial charge in [-0.05, 0) is 68.7 Å². The van der Waals surface area contributed by atoms with E-state index in [9.17, 15) is 4.79 Å². The van der Waals surface area contributed by atoms with Crippen LogP contribution in [0, 0.1) is 23.2 Å². The third-order valence-corrected chi connectivity index (χ3v) is 5.16. The van der Waals surface area contributed by atoms with Gasteiger partial charge in [-0.15, -0.1) is 12.4 Å². The standard InChI is InChI=1S/C14H24N2O.ClH/c1-15-8-13(17)16-9-14-5-10-2-11(6-14)4-12(3-10)7-14;/h10-12,15H,2-9H2,1H3,(H,16,17);1H. The van der Waals surface area contributed by atoms with Crippen molar-refractivity contribution in [3.05, 3.63) is 0 Å². The zero-order valence-electron chi connectivity index (χ0n) is 11.2. The summed E-state index contributed by atoms with van der Waals surface area (Å²) < 4.78 is 0. The highest BCUT2D eigenvalue weighted by molar-refractivity contribution is 5.85. The van der Waals surface area contributed by atoms with Crippen LogP contribution in [0.1, 0.15) is 38.5 Å². The van der Waals surface area contributed by atoms with Gasteiger partial charge in [0, 0.05) is 6.54 Å². The number of halogens is 1. The number of rotatable bonds is 4. The lowest BCUT2D eigenvalue weighted by molar-refractivity contribution is -0.122. The fourth-order valence-corrected chi connectivity index (χ4v) is 5.02. The van der Waals surface area contributed by atoms with Gasteiger partial charge in [0.25, 0.3) is 0 Å². The molecule has 4 aliphatic carbocycles. The molecule has 0 unspecified atom stereocenters. The van der Waals surface area contributed by atoms with Gasteiger partial charge in [-0.3, -0.25) is 4.79 Å². The third-order valence-electron chi connectivity index (χ3n) is 5.16. The number of carbonyl (C=O) groups excluding carboxylic acids is 1. The van der Waals surface area contributed by atoms with Crippen molar-refractivity contribution in [1.82, 2.24) is 10.6 Å². The molecule has 4 saturated carbocycles. The van der Waals surface area contributed by atoms with Crippen LogP contribution in [-0.2, 0) is 4.79 Å². The Labute approximate surface area is 116 Å². The van der Waals surface area contributed by atoms with Crippen LogP contribution in [0.25, 0.3) is 0 Å². The van der Waals surface area contributed by atoms with Crippen molar-refractivity contribution in [2.24, 2.45) is 23.2 Å². The first-order chi connectivity index (χ1) is 8.19. The Kier molecular flexibility index (Phi) is 4.22. The summed E-state index contributed by atoms with van der Waals surface area (Å²) in [7, 11) is 1.82. The molecule has 0 saturated heterocycles. The van der Waals surface area contributed by atoms with Crippen LogP contribution < -0.4 is 10.6 Å². The Morgan fingerprint density at radius 3 is 2.06 bits per heavy atom. The Morgan fingerprint density at radius 2 is 1.61 bits per heavy atom. The molecule has 0 aromatic rings. The molecule has 1 amide bonds. The van der Waals surface area contributed by atoms with Crippen molar-refractivity contribution in [3.63, 3.8) is 0 Å². The average molecular weight is 273 g/mol. The summed E-state index contributed by atoms with van der Waals surface area (Å²) in [5.41, 5.74) is 0.470. The van der Waals surface area contributed by atoms with E-state index >= 15 is 0 Å². The molecule has 3 nitrogen and oxygen atoms in total. The van der Waals surface area contributed by atoms with Crippen LogP contribution in [0.4, 0.5) is 0 Å². The highest BCUT2D eigenvalue weighted by Gasteiger charge is 2.50. The molecule has 0 radical (unpaired) electrons. The summed E-state index contributed by atoms with van der Waals surface area (Å²) in [6.07, 6.45) is 8.55. The summed E-state index contributed by atoms with van der Waals surface area (Å²) in [4.78, 5) is 11.6. The number of likely N-dealkylation sites (N-methyl/N-ethyl adjacent to an activating group) is 1. The minimum Gasteiger partial charge on any atom is -0.354 e. The number of hydrogen-bond donors (Lipinski definition) is 2. The molecule has 18 heavy (non-hydrogen) atoms. The van der Waals surface area contributed by atoms with Gasteiger partial charge in [-0.2, -0.15) is 0 Å². The fraction of sp³-hybridized carbons (Fsp3) is 0.929. The normalized spacial score (nSPS) is 40.4. The lowest BCUT2D eigenvalue weighted by Crippen LogP contribution is -2.51. The van der Waals surface area contributed by atoms with E-state index < -0.39 is 0 Å². The van der Waals surface area contributed by atoms with E-state index in [1.807, 2.05) is 7.05 Å². The van der Waals surface area contributed by atoms with Crippen LogP contribution in [0.15, 0.2) is 0 Å². The Balaban J connectivity index is 0.00000120. The molecule has 4 bridgehead atoms. The van der Waals surface area contributed by atoms with E-state index in [0.29, 0.717) is 12.0 Å². The van der Waals surface area contributed by atoms with Crippen LogP contribution >= 0.6 is 12.4 Å². The quantitative estimate of drug-likeness (QED) is 0.822. The smallest absolute Gasteiger partial charge is 0.233 e. The molecule has 0 spiro atoms. The molecule has 0 atom stereocenters. The van der Waals surface area contributed by atoms with Crippen molar-refractivity contribution in [2.45, 2.75) is 38.5 Å². The van der Waals surface area contributed by atoms with Gasteiger partial charge >= 0.3 is 0 Å². The van der Waals surface area contributed by atoms with E-state index in [4.69, 9.17) is 0 Å². The van der Waals surface area contributed by atoms with Crippen molar-refractivity contribution in [3.8, 4) is 0 Å². The van der Waals surface area contributed by atoms with Gasteiger partial charge in [-0.25, -0.2) is 0 Å². The third kappa shape index (κ3) is 2.67. The van der Waals surface area contributed by atoms with E-state index in [0.717, 1.165) is 24.3 Å². The second kappa shape index (κ2) is 5.38. The molecule has 4 heteroatoms. The second-order valence-electron chi connectivity index (χ2n) is 6.72. The van der Waals surface area contributed by atoms with Gasteiger partial charge in [-0.1, -0.05) is 0 Å². The monoisotopic (exact) mass is 272 g/mol. The highest BCUT2D eigenvalue weighted by atomic mass is 35.5. The van der Waals surface area contributed by atoms with Gasteiger partial charge in [0.2, 0.25) is 5.91 Å². The lowest BCUT2D eigenvalue weighted by Gasteiger charge is -2.56. The molecule has 104 valence electrons. The zero-order chi connectivity index (χ0) is 11.9. The summed E-state index contributed by atoms with van der Waals surface area (Å²) in [5, 5.41) is 6.05. The van der Waals surface area contributed by atoms with Crippen LogP contribution in [0.3, 0.4) is 0 Å². The van der Waals surface area contributed by atoms with Crippen molar-refractivity contribution < 1.29 is 4.79 Å². The Morgan fingerprint density at radius 1 is 1.11 bits per heavy atom. The molecule has 0 aliphatic heterocycles. The molecule has 4 aliphatic rings. The number of carbonyl (C=O) groups is 1.